The van der Waals surface area contributed by atoms with Gasteiger partial charge in [-0.25, -0.2) is 9.50 Å². The number of aryl methyl sites for hydroxylation is 3. The molecule has 0 aliphatic carbocycles. The Kier molecular flexibility index (Phi) is 5.96. The number of hydrogen-bond acceptors (Lipinski definition) is 3. The van der Waals surface area contributed by atoms with Gasteiger partial charge in [-0.2, -0.15) is 5.10 Å². The number of fused-ring (bicyclic) bond motifs is 1. The molecule has 0 N–H and O–H groups in total. The summed E-state index contributed by atoms with van der Waals surface area (Å²) >= 11 is 12.3. The Morgan fingerprint density at radius 1 is 1.21 bits per heavy atom. The number of hydrogen-bond donors (Lipinski definition) is 0. The summed E-state index contributed by atoms with van der Waals surface area (Å²) in [5.41, 5.74) is 5.68. The normalized spacial score (nSPS) is 12.4. The number of amides is 1. The highest BCUT2D eigenvalue weighted by Crippen LogP contribution is 2.29. The van der Waals surface area contributed by atoms with Crippen molar-refractivity contribution < 1.29 is 4.79 Å². The van der Waals surface area contributed by atoms with E-state index in [-0.39, 0.29) is 11.9 Å². The van der Waals surface area contributed by atoms with E-state index in [0.717, 1.165) is 33.9 Å². The lowest BCUT2D eigenvalue weighted by atomic mass is 10.0. The molecule has 3 rings (SSSR count). The Bertz CT molecular complexity index is 1040. The zero-order valence-electron chi connectivity index (χ0n) is 16.8. The van der Waals surface area contributed by atoms with Gasteiger partial charge in [-0.3, -0.25) is 4.79 Å². The summed E-state index contributed by atoms with van der Waals surface area (Å²) in [6.45, 7) is 7.91. The van der Waals surface area contributed by atoms with Gasteiger partial charge in [0, 0.05) is 41.0 Å². The Labute approximate surface area is 175 Å². The lowest BCUT2D eigenvalue weighted by molar-refractivity contribution is -0.131. The standard InChI is InChI=1S/C21H24Cl2N4O/c1-12-10-20-24-13(2)17(15(4)27(20)25-12)8-9-21(28)26(5)14(3)18-7-6-16(22)11-19(18)23/h6-7,10-11,14H,8-9H2,1-5H3. The Morgan fingerprint density at radius 2 is 1.93 bits per heavy atom. The summed E-state index contributed by atoms with van der Waals surface area (Å²) < 4.78 is 1.85. The minimum atomic E-state index is -0.145. The Morgan fingerprint density at radius 3 is 2.61 bits per heavy atom. The van der Waals surface area contributed by atoms with Gasteiger partial charge in [0.25, 0.3) is 0 Å². The van der Waals surface area contributed by atoms with Crippen LogP contribution >= 0.6 is 23.2 Å². The summed E-state index contributed by atoms with van der Waals surface area (Å²) in [5.74, 6) is 0.0501. The van der Waals surface area contributed by atoms with E-state index in [9.17, 15) is 4.79 Å². The molecular weight excluding hydrogens is 395 g/mol. The van der Waals surface area contributed by atoms with E-state index in [4.69, 9.17) is 23.2 Å². The van der Waals surface area contributed by atoms with E-state index in [1.165, 1.54) is 0 Å². The van der Waals surface area contributed by atoms with Crippen LogP contribution in [0.1, 0.15) is 47.6 Å². The van der Waals surface area contributed by atoms with Gasteiger partial charge in [-0.1, -0.05) is 29.3 Å². The molecule has 0 aliphatic heterocycles. The topological polar surface area (TPSA) is 50.5 Å². The largest absolute Gasteiger partial charge is 0.339 e. The first-order valence-corrected chi connectivity index (χ1v) is 9.97. The third-order valence-corrected chi connectivity index (χ3v) is 5.82. The van der Waals surface area contributed by atoms with Crippen molar-refractivity contribution in [2.24, 2.45) is 0 Å². The van der Waals surface area contributed by atoms with Gasteiger partial charge in [0.05, 0.1) is 11.7 Å². The van der Waals surface area contributed by atoms with Crippen molar-refractivity contribution in [1.29, 1.82) is 0 Å². The number of carbonyl (C=O) groups is 1. The molecule has 0 saturated carbocycles. The smallest absolute Gasteiger partial charge is 0.223 e. The van der Waals surface area contributed by atoms with Crippen LogP contribution in [0.25, 0.3) is 5.65 Å². The molecule has 0 bridgehead atoms. The molecule has 0 saturated heterocycles. The van der Waals surface area contributed by atoms with Gasteiger partial charge in [0.1, 0.15) is 0 Å². The molecule has 0 spiro atoms. The van der Waals surface area contributed by atoms with Crippen molar-refractivity contribution in [1.82, 2.24) is 19.5 Å². The van der Waals surface area contributed by atoms with Crippen LogP contribution in [0.2, 0.25) is 10.0 Å². The first kappa shape index (κ1) is 20.6. The minimum Gasteiger partial charge on any atom is -0.339 e. The molecule has 1 aromatic carbocycles. The van der Waals surface area contributed by atoms with Crippen LogP contribution < -0.4 is 0 Å². The predicted molar refractivity (Wildman–Crippen MR) is 113 cm³/mol. The molecule has 2 heterocycles. The molecule has 5 nitrogen and oxygen atoms in total. The summed E-state index contributed by atoms with van der Waals surface area (Å²) in [4.78, 5) is 19.2. The molecule has 0 radical (unpaired) electrons. The maximum Gasteiger partial charge on any atom is 0.223 e. The van der Waals surface area contributed by atoms with Crippen LogP contribution in [-0.2, 0) is 11.2 Å². The average Bonchev–Trinajstić information content (AvgIpc) is 3.00. The van der Waals surface area contributed by atoms with Crippen molar-refractivity contribution in [3.05, 3.63) is 62.5 Å². The summed E-state index contributed by atoms with van der Waals surface area (Å²) in [6, 6.07) is 7.17. The monoisotopic (exact) mass is 418 g/mol. The van der Waals surface area contributed by atoms with E-state index in [0.29, 0.717) is 22.9 Å². The van der Waals surface area contributed by atoms with E-state index in [1.54, 1.807) is 24.1 Å². The highest BCUT2D eigenvalue weighted by Gasteiger charge is 2.20. The van der Waals surface area contributed by atoms with Crippen molar-refractivity contribution in [3.63, 3.8) is 0 Å². The van der Waals surface area contributed by atoms with Gasteiger partial charge < -0.3 is 4.90 Å². The lowest BCUT2D eigenvalue weighted by Crippen LogP contribution is -2.30. The molecule has 7 heteroatoms. The molecule has 1 atom stereocenters. The minimum absolute atomic E-state index is 0.0501. The third-order valence-electron chi connectivity index (χ3n) is 5.26. The lowest BCUT2D eigenvalue weighted by Gasteiger charge is -2.26. The molecule has 148 valence electrons. The van der Waals surface area contributed by atoms with Crippen LogP contribution in [0.3, 0.4) is 0 Å². The van der Waals surface area contributed by atoms with Gasteiger partial charge in [-0.05, 0) is 57.4 Å². The fourth-order valence-corrected chi connectivity index (χ4v) is 4.04. The van der Waals surface area contributed by atoms with Gasteiger partial charge in [-0.15, -0.1) is 0 Å². The van der Waals surface area contributed by atoms with E-state index >= 15 is 0 Å². The van der Waals surface area contributed by atoms with Crippen LogP contribution in [0.15, 0.2) is 24.3 Å². The average molecular weight is 419 g/mol. The highest BCUT2D eigenvalue weighted by atomic mass is 35.5. The first-order chi connectivity index (χ1) is 13.2. The fraction of sp³-hybridized carbons (Fsp3) is 0.381. The van der Waals surface area contributed by atoms with Crippen LogP contribution in [0.4, 0.5) is 0 Å². The molecule has 0 fully saturated rings. The third kappa shape index (κ3) is 4.01. The van der Waals surface area contributed by atoms with Crippen molar-refractivity contribution in [2.75, 3.05) is 7.05 Å². The van der Waals surface area contributed by atoms with Crippen LogP contribution in [0, 0.1) is 20.8 Å². The van der Waals surface area contributed by atoms with Crippen LogP contribution in [0.5, 0.6) is 0 Å². The number of halogens is 2. The number of nitrogens with zero attached hydrogens (tertiary/aromatic N) is 4. The number of carbonyl (C=O) groups excluding carboxylic acids is 1. The number of rotatable bonds is 5. The molecule has 3 aromatic rings. The SMILES string of the molecule is Cc1cc2nc(C)c(CCC(=O)N(C)C(C)c3ccc(Cl)cc3Cl)c(C)n2n1. The molecular formula is C21H24Cl2N4O. The summed E-state index contributed by atoms with van der Waals surface area (Å²) in [7, 11) is 1.80. The first-order valence-electron chi connectivity index (χ1n) is 9.22. The maximum atomic E-state index is 12.8. The molecule has 28 heavy (non-hydrogen) atoms. The van der Waals surface area contributed by atoms with Crippen molar-refractivity contribution in [2.45, 2.75) is 46.6 Å². The number of aromatic nitrogens is 3. The summed E-state index contributed by atoms with van der Waals surface area (Å²) in [5, 5.41) is 5.64. The van der Waals surface area contributed by atoms with Crippen molar-refractivity contribution in [3.8, 4) is 0 Å². The Balaban J connectivity index is 1.75. The van der Waals surface area contributed by atoms with E-state index in [2.05, 4.69) is 10.1 Å². The van der Waals surface area contributed by atoms with Gasteiger partial charge in [0.2, 0.25) is 5.91 Å². The molecule has 2 aromatic heterocycles. The number of benzene rings is 1. The van der Waals surface area contributed by atoms with Crippen LogP contribution in [-0.4, -0.2) is 32.5 Å². The predicted octanol–water partition coefficient (Wildman–Crippen LogP) is 5.11. The second-order valence-corrected chi connectivity index (χ2v) is 8.01. The second kappa shape index (κ2) is 8.10. The zero-order chi connectivity index (χ0) is 20.6. The molecule has 0 aliphatic rings. The zero-order valence-corrected chi connectivity index (χ0v) is 18.3. The van der Waals surface area contributed by atoms with Gasteiger partial charge in [0.15, 0.2) is 5.65 Å². The van der Waals surface area contributed by atoms with Gasteiger partial charge >= 0.3 is 0 Å². The molecule has 1 amide bonds. The van der Waals surface area contributed by atoms with E-state index in [1.807, 2.05) is 44.3 Å². The fourth-order valence-electron chi connectivity index (χ4n) is 3.48. The maximum absolute atomic E-state index is 12.8. The quantitative estimate of drug-likeness (QED) is 0.577. The van der Waals surface area contributed by atoms with E-state index < -0.39 is 0 Å². The van der Waals surface area contributed by atoms with Crippen molar-refractivity contribution >= 4 is 34.8 Å². The highest BCUT2D eigenvalue weighted by molar-refractivity contribution is 6.35. The Hall–Kier alpha value is -2.11. The second-order valence-electron chi connectivity index (χ2n) is 7.16. The summed E-state index contributed by atoms with van der Waals surface area (Å²) in [6.07, 6.45) is 1.00. The molecule has 1 unspecified atom stereocenters.